The highest BCUT2D eigenvalue weighted by molar-refractivity contribution is 5.78. The van der Waals surface area contributed by atoms with Gasteiger partial charge in [-0.3, -0.25) is 14.4 Å². The molecule has 0 aromatic carbocycles. The monoisotopic (exact) mass is 286 g/mol. The summed E-state index contributed by atoms with van der Waals surface area (Å²) in [5.41, 5.74) is 0. The molecule has 3 N–H and O–H groups in total. The summed E-state index contributed by atoms with van der Waals surface area (Å²) in [5.74, 6) is -1.79. The molecule has 1 heterocycles. The van der Waals surface area contributed by atoms with Gasteiger partial charge in [0.15, 0.2) is 0 Å². The van der Waals surface area contributed by atoms with Gasteiger partial charge in [-0.1, -0.05) is 6.42 Å². The van der Waals surface area contributed by atoms with Crippen molar-refractivity contribution in [3.63, 3.8) is 0 Å². The average Bonchev–Trinajstić information content (AvgIpc) is 2.81. The zero-order chi connectivity index (χ0) is 15.0. The van der Waals surface area contributed by atoms with E-state index >= 15 is 0 Å². The van der Waals surface area contributed by atoms with E-state index in [-0.39, 0.29) is 25.0 Å². The van der Waals surface area contributed by atoms with Gasteiger partial charge in [-0.2, -0.15) is 0 Å². The van der Waals surface area contributed by atoms with E-state index in [4.69, 9.17) is 9.84 Å². The van der Waals surface area contributed by atoms with Crippen molar-refractivity contribution in [2.24, 2.45) is 5.92 Å². The van der Waals surface area contributed by atoms with Crippen LogP contribution in [0.5, 0.6) is 0 Å². The van der Waals surface area contributed by atoms with Crippen molar-refractivity contribution in [1.29, 1.82) is 0 Å². The number of nitrogens with one attached hydrogen (secondary N) is 2. The molecule has 20 heavy (non-hydrogen) atoms. The fraction of sp³-hybridized carbons (Fsp3) is 0.769. The lowest BCUT2D eigenvalue weighted by Gasteiger charge is -2.15. The largest absolute Gasteiger partial charge is 0.481 e. The molecule has 0 spiro atoms. The molecule has 1 fully saturated rings. The van der Waals surface area contributed by atoms with Crippen LogP contribution in [0.25, 0.3) is 0 Å². The van der Waals surface area contributed by atoms with E-state index in [2.05, 4.69) is 10.6 Å². The van der Waals surface area contributed by atoms with Crippen LogP contribution in [0.15, 0.2) is 0 Å². The second-order valence-corrected chi connectivity index (χ2v) is 4.95. The standard InChI is InChI=1S/C13H22N2O5/c1-9(16)14-6-4-2-3-5-12(17)15-11-8-20-7-10(11)13(18)19/h10-11H,2-8H2,1H3,(H,14,16)(H,15,17)(H,18,19). The fourth-order valence-electron chi connectivity index (χ4n) is 2.07. The van der Waals surface area contributed by atoms with Gasteiger partial charge in [0.05, 0.1) is 19.3 Å². The van der Waals surface area contributed by atoms with Crippen LogP contribution in [0.2, 0.25) is 0 Å². The van der Waals surface area contributed by atoms with Gasteiger partial charge in [-0.05, 0) is 12.8 Å². The molecular formula is C13H22N2O5. The fourth-order valence-corrected chi connectivity index (χ4v) is 2.07. The lowest BCUT2D eigenvalue weighted by atomic mass is 10.0. The minimum atomic E-state index is -0.942. The number of aliphatic carboxylic acids is 1. The number of carbonyl (C=O) groups excluding carboxylic acids is 2. The van der Waals surface area contributed by atoms with Crippen LogP contribution in [0.4, 0.5) is 0 Å². The molecule has 7 heteroatoms. The highest BCUT2D eigenvalue weighted by atomic mass is 16.5. The van der Waals surface area contributed by atoms with Crippen LogP contribution in [0.3, 0.4) is 0 Å². The van der Waals surface area contributed by atoms with E-state index in [1.807, 2.05) is 0 Å². The molecule has 2 unspecified atom stereocenters. The summed E-state index contributed by atoms with van der Waals surface area (Å²) in [7, 11) is 0. The van der Waals surface area contributed by atoms with Crippen LogP contribution < -0.4 is 10.6 Å². The van der Waals surface area contributed by atoms with Crippen molar-refractivity contribution in [2.45, 2.75) is 38.6 Å². The molecule has 0 aromatic rings. The zero-order valence-corrected chi connectivity index (χ0v) is 11.7. The molecule has 0 radical (unpaired) electrons. The van der Waals surface area contributed by atoms with Crippen LogP contribution >= 0.6 is 0 Å². The molecule has 2 atom stereocenters. The summed E-state index contributed by atoms with van der Waals surface area (Å²) in [5, 5.41) is 14.3. The third kappa shape index (κ3) is 6.01. The number of carbonyl (C=O) groups is 3. The predicted octanol–water partition coefficient (Wildman–Crippen LogP) is -0.101. The minimum Gasteiger partial charge on any atom is -0.481 e. The number of hydrogen-bond donors (Lipinski definition) is 3. The van der Waals surface area contributed by atoms with Gasteiger partial charge in [0.25, 0.3) is 0 Å². The number of carboxylic acids is 1. The molecule has 1 aliphatic heterocycles. The predicted molar refractivity (Wildman–Crippen MR) is 71.0 cm³/mol. The maximum Gasteiger partial charge on any atom is 0.311 e. The quantitative estimate of drug-likeness (QED) is 0.540. The molecular weight excluding hydrogens is 264 g/mol. The van der Waals surface area contributed by atoms with E-state index in [1.54, 1.807) is 0 Å². The third-order valence-electron chi connectivity index (χ3n) is 3.20. The number of amides is 2. The lowest BCUT2D eigenvalue weighted by molar-refractivity contribution is -0.142. The second kappa shape index (κ2) is 8.52. The van der Waals surface area contributed by atoms with Gasteiger partial charge >= 0.3 is 5.97 Å². The molecule has 0 aliphatic carbocycles. The maximum absolute atomic E-state index is 11.7. The van der Waals surface area contributed by atoms with E-state index < -0.39 is 17.9 Å². The Balaban J connectivity index is 2.11. The van der Waals surface area contributed by atoms with Gasteiger partial charge in [-0.25, -0.2) is 0 Å². The number of carboxylic acid groups (broad SMARTS) is 1. The van der Waals surface area contributed by atoms with Gasteiger partial charge in [-0.15, -0.1) is 0 Å². The number of unbranched alkanes of at least 4 members (excludes halogenated alkanes) is 2. The van der Waals surface area contributed by atoms with Crippen molar-refractivity contribution < 1.29 is 24.2 Å². The molecule has 114 valence electrons. The van der Waals surface area contributed by atoms with Crippen LogP contribution in [0, 0.1) is 5.92 Å². The summed E-state index contributed by atoms with van der Waals surface area (Å²) in [4.78, 5) is 33.2. The van der Waals surface area contributed by atoms with E-state index in [9.17, 15) is 14.4 Å². The van der Waals surface area contributed by atoms with E-state index in [1.165, 1.54) is 6.92 Å². The molecule has 0 aromatic heterocycles. The number of rotatable bonds is 8. The van der Waals surface area contributed by atoms with Crippen molar-refractivity contribution in [2.75, 3.05) is 19.8 Å². The summed E-state index contributed by atoms with van der Waals surface area (Å²) >= 11 is 0. The summed E-state index contributed by atoms with van der Waals surface area (Å²) in [6.07, 6.45) is 2.76. The van der Waals surface area contributed by atoms with Crippen LogP contribution in [0.1, 0.15) is 32.6 Å². The Labute approximate surface area is 118 Å². The Bertz CT molecular complexity index is 359. The normalized spacial score (nSPS) is 21.4. The summed E-state index contributed by atoms with van der Waals surface area (Å²) < 4.78 is 5.08. The first-order valence-corrected chi connectivity index (χ1v) is 6.85. The smallest absolute Gasteiger partial charge is 0.311 e. The molecule has 0 bridgehead atoms. The Hall–Kier alpha value is -1.63. The Morgan fingerprint density at radius 2 is 1.95 bits per heavy atom. The Morgan fingerprint density at radius 1 is 1.20 bits per heavy atom. The Morgan fingerprint density at radius 3 is 2.60 bits per heavy atom. The van der Waals surface area contributed by atoms with Crippen molar-refractivity contribution >= 4 is 17.8 Å². The van der Waals surface area contributed by atoms with Gasteiger partial charge in [0, 0.05) is 19.9 Å². The zero-order valence-electron chi connectivity index (χ0n) is 11.7. The minimum absolute atomic E-state index is 0.0521. The molecule has 2 amide bonds. The SMILES string of the molecule is CC(=O)NCCCCCC(=O)NC1COCC1C(=O)O. The first-order chi connectivity index (χ1) is 9.50. The molecule has 1 aliphatic rings. The maximum atomic E-state index is 11.7. The molecule has 1 rings (SSSR count). The first-order valence-electron chi connectivity index (χ1n) is 6.85. The van der Waals surface area contributed by atoms with Gasteiger partial charge in [0.1, 0.15) is 5.92 Å². The summed E-state index contributed by atoms with van der Waals surface area (Å²) in [6.45, 7) is 2.49. The second-order valence-electron chi connectivity index (χ2n) is 4.95. The number of hydrogen-bond acceptors (Lipinski definition) is 4. The van der Waals surface area contributed by atoms with Crippen molar-refractivity contribution in [3.05, 3.63) is 0 Å². The van der Waals surface area contributed by atoms with Crippen LogP contribution in [-0.2, 0) is 19.1 Å². The average molecular weight is 286 g/mol. The highest BCUT2D eigenvalue weighted by Crippen LogP contribution is 2.14. The van der Waals surface area contributed by atoms with Gasteiger partial charge in [0.2, 0.25) is 11.8 Å². The number of ether oxygens (including phenoxy) is 1. The molecule has 7 nitrogen and oxygen atoms in total. The van der Waals surface area contributed by atoms with Crippen molar-refractivity contribution in [3.8, 4) is 0 Å². The lowest BCUT2D eigenvalue weighted by Crippen LogP contribution is -2.42. The molecule has 1 saturated heterocycles. The van der Waals surface area contributed by atoms with Gasteiger partial charge < -0.3 is 20.5 Å². The first kappa shape index (κ1) is 16.4. The topological polar surface area (TPSA) is 105 Å². The van der Waals surface area contributed by atoms with Crippen molar-refractivity contribution in [1.82, 2.24) is 10.6 Å². The highest BCUT2D eigenvalue weighted by Gasteiger charge is 2.34. The van der Waals surface area contributed by atoms with Crippen LogP contribution in [-0.4, -0.2) is 48.7 Å². The summed E-state index contributed by atoms with van der Waals surface area (Å²) in [6, 6.07) is -0.431. The van der Waals surface area contributed by atoms with E-state index in [0.29, 0.717) is 13.0 Å². The Kier molecular flexibility index (Phi) is 7.00. The molecule has 0 saturated carbocycles. The third-order valence-corrected chi connectivity index (χ3v) is 3.20. The van der Waals surface area contributed by atoms with E-state index in [0.717, 1.165) is 19.3 Å².